The van der Waals surface area contributed by atoms with E-state index in [0.29, 0.717) is 5.41 Å². The highest BCUT2D eigenvalue weighted by molar-refractivity contribution is 4.83. The number of likely N-dealkylation sites (tertiary alicyclic amines) is 1. The highest BCUT2D eigenvalue weighted by Gasteiger charge is 2.28. The van der Waals surface area contributed by atoms with Crippen LogP contribution in [0.25, 0.3) is 0 Å². The summed E-state index contributed by atoms with van der Waals surface area (Å²) >= 11 is 0. The first-order chi connectivity index (χ1) is 8.72. The second-order valence-electron chi connectivity index (χ2n) is 6.42. The zero-order valence-electron chi connectivity index (χ0n) is 12.2. The third-order valence-electron chi connectivity index (χ3n) is 4.64. The standard InChI is InChI=1S/C15H30N2O/c1-3-8-17-9-4-14(5-10-17)16-13-15(2)6-11-18-12-7-15/h14,16H,3-13H2,1-2H3. The fourth-order valence-corrected chi connectivity index (χ4v) is 3.11. The van der Waals surface area contributed by atoms with Crippen LogP contribution in [-0.2, 0) is 4.74 Å². The molecular weight excluding hydrogens is 224 g/mol. The zero-order chi connectivity index (χ0) is 12.8. The van der Waals surface area contributed by atoms with Gasteiger partial charge in [-0.2, -0.15) is 0 Å². The van der Waals surface area contributed by atoms with Gasteiger partial charge in [-0.15, -0.1) is 0 Å². The Morgan fingerprint density at radius 1 is 1.22 bits per heavy atom. The average molecular weight is 254 g/mol. The van der Waals surface area contributed by atoms with Gasteiger partial charge in [0.05, 0.1) is 0 Å². The van der Waals surface area contributed by atoms with Crippen LogP contribution in [0.2, 0.25) is 0 Å². The predicted molar refractivity (Wildman–Crippen MR) is 75.9 cm³/mol. The maximum absolute atomic E-state index is 5.46. The second kappa shape index (κ2) is 6.88. The minimum atomic E-state index is 0.471. The Balaban J connectivity index is 1.65. The molecule has 2 heterocycles. The van der Waals surface area contributed by atoms with Crippen molar-refractivity contribution in [3.8, 4) is 0 Å². The van der Waals surface area contributed by atoms with Gasteiger partial charge in [0.25, 0.3) is 0 Å². The molecule has 2 saturated heterocycles. The van der Waals surface area contributed by atoms with Gasteiger partial charge in [-0.3, -0.25) is 0 Å². The first-order valence-electron chi connectivity index (χ1n) is 7.75. The third-order valence-corrected chi connectivity index (χ3v) is 4.64. The Morgan fingerprint density at radius 3 is 2.50 bits per heavy atom. The van der Waals surface area contributed by atoms with Crippen LogP contribution in [0.4, 0.5) is 0 Å². The number of rotatable bonds is 5. The Kier molecular flexibility index (Phi) is 5.46. The molecule has 0 aromatic rings. The Hall–Kier alpha value is -0.120. The Labute approximate surface area is 112 Å². The molecule has 106 valence electrons. The minimum Gasteiger partial charge on any atom is -0.381 e. The molecular formula is C15H30N2O. The summed E-state index contributed by atoms with van der Waals surface area (Å²) in [5.74, 6) is 0. The summed E-state index contributed by atoms with van der Waals surface area (Å²) in [7, 11) is 0. The van der Waals surface area contributed by atoms with E-state index >= 15 is 0 Å². The number of ether oxygens (including phenoxy) is 1. The first-order valence-corrected chi connectivity index (χ1v) is 7.75. The predicted octanol–water partition coefficient (Wildman–Crippen LogP) is 2.27. The van der Waals surface area contributed by atoms with Gasteiger partial charge in [0, 0.05) is 25.8 Å². The molecule has 3 nitrogen and oxygen atoms in total. The van der Waals surface area contributed by atoms with E-state index in [1.807, 2.05) is 0 Å². The highest BCUT2D eigenvalue weighted by Crippen LogP contribution is 2.29. The van der Waals surface area contributed by atoms with E-state index in [2.05, 4.69) is 24.1 Å². The molecule has 0 aromatic heterocycles. The zero-order valence-corrected chi connectivity index (χ0v) is 12.2. The second-order valence-corrected chi connectivity index (χ2v) is 6.42. The Bertz CT molecular complexity index is 231. The van der Waals surface area contributed by atoms with Crippen molar-refractivity contribution in [3.05, 3.63) is 0 Å². The van der Waals surface area contributed by atoms with Crippen LogP contribution in [0, 0.1) is 5.41 Å². The molecule has 18 heavy (non-hydrogen) atoms. The summed E-state index contributed by atoms with van der Waals surface area (Å²) in [5.41, 5.74) is 0.471. The molecule has 0 unspecified atom stereocenters. The van der Waals surface area contributed by atoms with Crippen LogP contribution >= 0.6 is 0 Å². The molecule has 3 heteroatoms. The van der Waals surface area contributed by atoms with Gasteiger partial charge >= 0.3 is 0 Å². The van der Waals surface area contributed by atoms with Crippen LogP contribution in [0.3, 0.4) is 0 Å². The van der Waals surface area contributed by atoms with Crippen molar-refractivity contribution in [2.75, 3.05) is 39.4 Å². The van der Waals surface area contributed by atoms with Gasteiger partial charge in [0.1, 0.15) is 0 Å². The van der Waals surface area contributed by atoms with Crippen molar-refractivity contribution >= 4 is 0 Å². The van der Waals surface area contributed by atoms with Crippen LogP contribution in [0.1, 0.15) is 46.0 Å². The quantitative estimate of drug-likeness (QED) is 0.814. The largest absolute Gasteiger partial charge is 0.381 e. The van der Waals surface area contributed by atoms with Crippen molar-refractivity contribution in [1.82, 2.24) is 10.2 Å². The average Bonchev–Trinajstić information content (AvgIpc) is 2.39. The van der Waals surface area contributed by atoms with Crippen LogP contribution < -0.4 is 5.32 Å². The number of hydrogen-bond acceptors (Lipinski definition) is 3. The molecule has 0 amide bonds. The van der Waals surface area contributed by atoms with Gasteiger partial charge in [0.15, 0.2) is 0 Å². The number of piperidine rings is 1. The molecule has 2 aliphatic rings. The maximum atomic E-state index is 5.46. The molecule has 1 N–H and O–H groups in total. The van der Waals surface area contributed by atoms with Gasteiger partial charge in [0.2, 0.25) is 0 Å². The summed E-state index contributed by atoms with van der Waals surface area (Å²) in [5, 5.41) is 3.81. The lowest BCUT2D eigenvalue weighted by Gasteiger charge is -2.37. The lowest BCUT2D eigenvalue weighted by atomic mass is 9.82. The van der Waals surface area contributed by atoms with Gasteiger partial charge < -0.3 is 15.0 Å². The summed E-state index contributed by atoms with van der Waals surface area (Å²) in [6, 6.07) is 0.748. The summed E-state index contributed by atoms with van der Waals surface area (Å²) in [6.07, 6.45) is 6.37. The molecule has 2 aliphatic heterocycles. The van der Waals surface area contributed by atoms with E-state index < -0.39 is 0 Å². The van der Waals surface area contributed by atoms with E-state index in [1.165, 1.54) is 58.3 Å². The van der Waals surface area contributed by atoms with Crippen LogP contribution in [0.5, 0.6) is 0 Å². The van der Waals surface area contributed by atoms with E-state index in [9.17, 15) is 0 Å². The van der Waals surface area contributed by atoms with Crippen molar-refractivity contribution in [1.29, 1.82) is 0 Å². The van der Waals surface area contributed by atoms with Gasteiger partial charge in [-0.05, 0) is 57.2 Å². The van der Waals surface area contributed by atoms with E-state index in [1.54, 1.807) is 0 Å². The van der Waals surface area contributed by atoms with E-state index in [0.717, 1.165) is 19.3 Å². The van der Waals surface area contributed by atoms with Crippen LogP contribution in [0.15, 0.2) is 0 Å². The van der Waals surface area contributed by atoms with Crippen molar-refractivity contribution in [3.63, 3.8) is 0 Å². The molecule has 0 spiro atoms. The third kappa shape index (κ3) is 4.22. The topological polar surface area (TPSA) is 24.5 Å². The lowest BCUT2D eigenvalue weighted by Crippen LogP contribution is -2.46. The molecule has 0 radical (unpaired) electrons. The molecule has 2 fully saturated rings. The molecule has 0 aromatic carbocycles. The van der Waals surface area contributed by atoms with Crippen LogP contribution in [-0.4, -0.2) is 50.3 Å². The van der Waals surface area contributed by atoms with Crippen molar-refractivity contribution in [2.45, 2.75) is 52.0 Å². The molecule has 0 saturated carbocycles. The van der Waals surface area contributed by atoms with Gasteiger partial charge in [-0.1, -0.05) is 13.8 Å². The molecule has 2 rings (SSSR count). The summed E-state index contributed by atoms with van der Waals surface area (Å²) < 4.78 is 5.46. The lowest BCUT2D eigenvalue weighted by molar-refractivity contribution is 0.0217. The fourth-order valence-electron chi connectivity index (χ4n) is 3.11. The first kappa shape index (κ1) is 14.3. The molecule has 0 atom stereocenters. The van der Waals surface area contributed by atoms with Crippen molar-refractivity contribution in [2.24, 2.45) is 5.41 Å². The van der Waals surface area contributed by atoms with E-state index in [4.69, 9.17) is 4.74 Å². The van der Waals surface area contributed by atoms with Gasteiger partial charge in [-0.25, -0.2) is 0 Å². The normalized spacial score (nSPS) is 26.3. The summed E-state index contributed by atoms with van der Waals surface area (Å²) in [4.78, 5) is 2.61. The monoisotopic (exact) mass is 254 g/mol. The SMILES string of the molecule is CCCN1CCC(NCC2(C)CCOCC2)CC1. The number of hydrogen-bond donors (Lipinski definition) is 1. The van der Waals surface area contributed by atoms with E-state index in [-0.39, 0.29) is 0 Å². The van der Waals surface area contributed by atoms with Crippen molar-refractivity contribution < 1.29 is 4.74 Å². The number of nitrogens with one attached hydrogen (secondary N) is 1. The molecule has 0 aliphatic carbocycles. The minimum absolute atomic E-state index is 0.471. The summed E-state index contributed by atoms with van der Waals surface area (Å²) in [6.45, 7) is 11.6. The maximum Gasteiger partial charge on any atom is 0.0471 e. The fraction of sp³-hybridized carbons (Fsp3) is 1.00. The number of nitrogens with zero attached hydrogens (tertiary/aromatic N) is 1. The molecule has 0 bridgehead atoms. The smallest absolute Gasteiger partial charge is 0.0471 e. The Morgan fingerprint density at radius 2 is 1.89 bits per heavy atom. The highest BCUT2D eigenvalue weighted by atomic mass is 16.5.